The molecular weight excluding hydrogens is 360 g/mol. The van der Waals surface area contributed by atoms with Crippen molar-refractivity contribution in [3.05, 3.63) is 101 Å². The van der Waals surface area contributed by atoms with Crippen LogP contribution >= 0.6 is 0 Å². The molecule has 0 atom stereocenters. The Morgan fingerprint density at radius 2 is 1.52 bits per heavy atom. The number of para-hydroxylation sites is 1. The van der Waals surface area contributed by atoms with Crippen LogP contribution in [0.25, 0.3) is 0 Å². The Morgan fingerprint density at radius 1 is 0.862 bits per heavy atom. The van der Waals surface area contributed by atoms with Gasteiger partial charge in [-0.05, 0) is 59.9 Å². The van der Waals surface area contributed by atoms with Gasteiger partial charge in [-0.1, -0.05) is 49.4 Å². The van der Waals surface area contributed by atoms with Crippen LogP contribution in [0, 0.1) is 0 Å². The summed E-state index contributed by atoms with van der Waals surface area (Å²) in [5.74, 6) is -0.167. The van der Waals surface area contributed by atoms with Gasteiger partial charge >= 0.3 is 0 Å². The van der Waals surface area contributed by atoms with E-state index in [1.165, 1.54) is 11.1 Å². The molecule has 29 heavy (non-hydrogen) atoms. The van der Waals surface area contributed by atoms with Crippen LogP contribution in [0.2, 0.25) is 0 Å². The second-order valence-corrected chi connectivity index (χ2v) is 7.29. The predicted molar refractivity (Wildman–Crippen MR) is 115 cm³/mol. The van der Waals surface area contributed by atoms with Crippen LogP contribution in [0.4, 0.5) is 5.69 Å². The van der Waals surface area contributed by atoms with Gasteiger partial charge in [0.2, 0.25) is 0 Å². The van der Waals surface area contributed by atoms with E-state index in [0.717, 1.165) is 24.1 Å². The first kappa shape index (κ1) is 18.9. The lowest BCUT2D eigenvalue weighted by molar-refractivity contribution is 0.0734. The third kappa shape index (κ3) is 4.06. The van der Waals surface area contributed by atoms with Crippen LogP contribution in [0.3, 0.4) is 0 Å². The number of nitrogens with one attached hydrogen (secondary N) is 1. The minimum atomic E-state index is -0.170. The van der Waals surface area contributed by atoms with Crippen LogP contribution in [-0.4, -0.2) is 23.3 Å². The fourth-order valence-electron chi connectivity index (χ4n) is 3.76. The highest BCUT2D eigenvalue weighted by molar-refractivity contribution is 6.05. The first-order valence-corrected chi connectivity index (χ1v) is 10.0. The third-order valence-electron chi connectivity index (χ3n) is 5.46. The summed E-state index contributed by atoms with van der Waals surface area (Å²) >= 11 is 0. The molecule has 2 amide bonds. The number of hydrogen-bond acceptors (Lipinski definition) is 2. The van der Waals surface area contributed by atoms with E-state index >= 15 is 0 Å². The van der Waals surface area contributed by atoms with Crippen molar-refractivity contribution in [2.75, 3.05) is 11.9 Å². The second-order valence-electron chi connectivity index (χ2n) is 7.29. The van der Waals surface area contributed by atoms with E-state index < -0.39 is 0 Å². The molecule has 4 rings (SSSR count). The van der Waals surface area contributed by atoms with Crippen molar-refractivity contribution in [3.8, 4) is 0 Å². The topological polar surface area (TPSA) is 49.4 Å². The van der Waals surface area contributed by atoms with Gasteiger partial charge in [-0.3, -0.25) is 9.59 Å². The lowest BCUT2D eigenvalue weighted by Gasteiger charge is -2.29. The molecule has 0 aliphatic carbocycles. The molecule has 4 nitrogen and oxygen atoms in total. The number of fused-ring (bicyclic) bond motifs is 1. The highest BCUT2D eigenvalue weighted by Gasteiger charge is 2.21. The summed E-state index contributed by atoms with van der Waals surface area (Å²) in [4.78, 5) is 27.4. The van der Waals surface area contributed by atoms with Gasteiger partial charge in [-0.25, -0.2) is 0 Å². The maximum absolute atomic E-state index is 12.9. The number of carbonyl (C=O) groups excluding carboxylic acids is 2. The SMILES string of the molecule is CCc1ccccc1NC(=O)c1ccc(C(=O)N2CCc3ccccc3C2)cc1. The second kappa shape index (κ2) is 8.31. The first-order valence-electron chi connectivity index (χ1n) is 10.0. The van der Waals surface area contributed by atoms with Gasteiger partial charge in [0, 0.05) is 29.9 Å². The molecule has 0 bridgehead atoms. The fraction of sp³-hybridized carbons (Fsp3) is 0.200. The van der Waals surface area contributed by atoms with Gasteiger partial charge in [0.05, 0.1) is 0 Å². The quantitative estimate of drug-likeness (QED) is 0.709. The molecule has 4 heteroatoms. The molecule has 3 aromatic rings. The van der Waals surface area contributed by atoms with Crippen molar-refractivity contribution >= 4 is 17.5 Å². The third-order valence-corrected chi connectivity index (χ3v) is 5.46. The maximum atomic E-state index is 12.9. The molecule has 1 aliphatic rings. The van der Waals surface area contributed by atoms with Crippen LogP contribution in [0.15, 0.2) is 72.8 Å². The zero-order valence-electron chi connectivity index (χ0n) is 16.5. The van der Waals surface area contributed by atoms with Crippen molar-refractivity contribution in [3.63, 3.8) is 0 Å². The van der Waals surface area contributed by atoms with Crippen molar-refractivity contribution in [1.82, 2.24) is 4.90 Å². The number of aryl methyl sites for hydroxylation is 1. The minimum absolute atomic E-state index is 0.00258. The summed E-state index contributed by atoms with van der Waals surface area (Å²) < 4.78 is 0. The van der Waals surface area contributed by atoms with E-state index in [2.05, 4.69) is 24.4 Å². The van der Waals surface area contributed by atoms with Crippen LogP contribution in [-0.2, 0) is 19.4 Å². The molecule has 146 valence electrons. The number of anilines is 1. The molecule has 1 N–H and O–H groups in total. The molecule has 0 saturated carbocycles. The first-order chi connectivity index (χ1) is 14.2. The predicted octanol–water partition coefficient (Wildman–Crippen LogP) is 4.70. The smallest absolute Gasteiger partial charge is 0.255 e. The Labute approximate surface area is 171 Å². The number of benzene rings is 3. The lowest BCUT2D eigenvalue weighted by Crippen LogP contribution is -2.35. The van der Waals surface area contributed by atoms with E-state index in [9.17, 15) is 9.59 Å². The molecule has 0 fully saturated rings. The van der Waals surface area contributed by atoms with E-state index in [1.807, 2.05) is 41.3 Å². The van der Waals surface area contributed by atoms with E-state index in [-0.39, 0.29) is 11.8 Å². The van der Waals surface area contributed by atoms with Gasteiger partial charge in [-0.2, -0.15) is 0 Å². The number of hydrogen-bond donors (Lipinski definition) is 1. The average molecular weight is 384 g/mol. The standard InChI is InChI=1S/C25H24N2O2/c1-2-18-7-5-6-10-23(18)26-24(28)20-11-13-21(14-12-20)25(29)27-16-15-19-8-3-4-9-22(19)17-27/h3-14H,2,15-17H2,1H3,(H,26,28). The zero-order chi connectivity index (χ0) is 20.2. The summed E-state index contributed by atoms with van der Waals surface area (Å²) in [5.41, 5.74) is 5.59. The van der Waals surface area contributed by atoms with E-state index in [1.54, 1.807) is 24.3 Å². The monoisotopic (exact) mass is 384 g/mol. The fourth-order valence-corrected chi connectivity index (χ4v) is 3.76. The summed E-state index contributed by atoms with van der Waals surface area (Å²) in [7, 11) is 0. The Morgan fingerprint density at radius 3 is 2.28 bits per heavy atom. The highest BCUT2D eigenvalue weighted by atomic mass is 16.2. The van der Waals surface area contributed by atoms with Gasteiger partial charge in [0.15, 0.2) is 0 Å². The van der Waals surface area contributed by atoms with Crippen LogP contribution in [0.1, 0.15) is 44.3 Å². The van der Waals surface area contributed by atoms with Gasteiger partial charge in [0.1, 0.15) is 0 Å². The molecule has 1 aliphatic heterocycles. The molecule has 0 radical (unpaired) electrons. The normalized spacial score (nSPS) is 12.9. The van der Waals surface area contributed by atoms with E-state index in [4.69, 9.17) is 0 Å². The number of amides is 2. The molecule has 0 unspecified atom stereocenters. The van der Waals surface area contributed by atoms with Gasteiger partial charge < -0.3 is 10.2 Å². The average Bonchev–Trinajstić information content (AvgIpc) is 2.78. The Hall–Kier alpha value is -3.40. The van der Waals surface area contributed by atoms with Crippen LogP contribution < -0.4 is 5.32 Å². The largest absolute Gasteiger partial charge is 0.334 e. The molecule has 0 aromatic heterocycles. The van der Waals surface area contributed by atoms with Gasteiger partial charge in [0.25, 0.3) is 11.8 Å². The molecule has 1 heterocycles. The Bertz CT molecular complexity index is 1040. The summed E-state index contributed by atoms with van der Waals surface area (Å²) in [6, 6.07) is 23.0. The van der Waals surface area contributed by atoms with E-state index in [0.29, 0.717) is 24.2 Å². The number of carbonyl (C=O) groups is 2. The maximum Gasteiger partial charge on any atom is 0.255 e. The Kier molecular flexibility index (Phi) is 5.43. The summed E-state index contributed by atoms with van der Waals surface area (Å²) in [6.07, 6.45) is 1.72. The van der Waals surface area contributed by atoms with Crippen LogP contribution in [0.5, 0.6) is 0 Å². The van der Waals surface area contributed by atoms with Crippen molar-refractivity contribution in [2.24, 2.45) is 0 Å². The molecular formula is C25H24N2O2. The molecule has 3 aromatic carbocycles. The summed E-state index contributed by atoms with van der Waals surface area (Å²) in [5, 5.41) is 2.97. The lowest BCUT2D eigenvalue weighted by atomic mass is 9.99. The molecule has 0 saturated heterocycles. The van der Waals surface area contributed by atoms with Crippen molar-refractivity contribution < 1.29 is 9.59 Å². The van der Waals surface area contributed by atoms with Crippen molar-refractivity contribution in [1.29, 1.82) is 0 Å². The number of rotatable bonds is 4. The zero-order valence-corrected chi connectivity index (χ0v) is 16.5. The molecule has 0 spiro atoms. The minimum Gasteiger partial charge on any atom is -0.334 e. The Balaban J connectivity index is 1.45. The summed E-state index contributed by atoms with van der Waals surface area (Å²) in [6.45, 7) is 3.40. The number of nitrogens with zero attached hydrogens (tertiary/aromatic N) is 1. The highest BCUT2D eigenvalue weighted by Crippen LogP contribution is 2.21. The van der Waals surface area contributed by atoms with Crippen molar-refractivity contribution in [2.45, 2.75) is 26.3 Å². The van der Waals surface area contributed by atoms with Gasteiger partial charge in [-0.15, -0.1) is 0 Å².